The quantitative estimate of drug-likeness (QED) is 0.946. The van der Waals surface area contributed by atoms with E-state index in [1.165, 1.54) is 5.01 Å². The molecule has 3 rings (SSSR count). The van der Waals surface area contributed by atoms with E-state index in [9.17, 15) is 0 Å². The fourth-order valence-electron chi connectivity index (χ4n) is 2.61. The number of thiazole rings is 1. The van der Waals surface area contributed by atoms with Gasteiger partial charge in [0.2, 0.25) is 0 Å². The molecule has 0 saturated heterocycles. The summed E-state index contributed by atoms with van der Waals surface area (Å²) in [7, 11) is 0. The van der Waals surface area contributed by atoms with Gasteiger partial charge < -0.3 is 9.88 Å². The Hall–Kier alpha value is -1.27. The van der Waals surface area contributed by atoms with Crippen molar-refractivity contribution in [2.45, 2.75) is 65.1 Å². The Kier molecular flexibility index (Phi) is 3.84. The molecule has 5 nitrogen and oxygen atoms in total. The number of nitrogens with zero attached hydrogens (tertiary/aromatic N) is 4. The maximum Gasteiger partial charge on any atom is 0.133 e. The van der Waals surface area contributed by atoms with Crippen LogP contribution in [0.15, 0.2) is 5.38 Å². The van der Waals surface area contributed by atoms with Crippen molar-refractivity contribution >= 4 is 11.3 Å². The van der Waals surface area contributed by atoms with E-state index in [0.29, 0.717) is 6.04 Å². The van der Waals surface area contributed by atoms with Crippen molar-refractivity contribution in [3.8, 4) is 0 Å². The molecule has 1 atom stereocenters. The normalized spacial score (nSPS) is 18.8. The molecule has 2 aromatic rings. The van der Waals surface area contributed by atoms with Gasteiger partial charge in [0.05, 0.1) is 10.7 Å². The first kappa shape index (κ1) is 14.7. The van der Waals surface area contributed by atoms with Crippen LogP contribution in [0.4, 0.5) is 0 Å². The number of hydrogen-bond donors (Lipinski definition) is 1. The first-order valence-corrected chi connectivity index (χ1v) is 8.38. The molecular weight excluding hydrogens is 282 g/mol. The molecule has 1 N–H and O–H groups in total. The summed E-state index contributed by atoms with van der Waals surface area (Å²) in [6, 6.07) is 0.479. The molecule has 0 aromatic carbocycles. The van der Waals surface area contributed by atoms with Crippen LogP contribution in [-0.2, 0) is 24.9 Å². The zero-order valence-electron chi connectivity index (χ0n) is 13.2. The predicted octanol–water partition coefficient (Wildman–Crippen LogP) is 2.45. The van der Waals surface area contributed by atoms with Gasteiger partial charge in [-0.1, -0.05) is 20.8 Å². The first-order chi connectivity index (χ1) is 9.93. The minimum Gasteiger partial charge on any atom is -0.314 e. The monoisotopic (exact) mass is 305 g/mol. The van der Waals surface area contributed by atoms with E-state index in [1.54, 1.807) is 11.3 Å². The summed E-state index contributed by atoms with van der Waals surface area (Å²) in [6.45, 7) is 10.5. The number of nitrogens with one attached hydrogen (secondary N) is 1. The average molecular weight is 305 g/mol. The highest BCUT2D eigenvalue weighted by Gasteiger charge is 2.22. The Morgan fingerprint density at radius 3 is 2.90 bits per heavy atom. The van der Waals surface area contributed by atoms with E-state index in [4.69, 9.17) is 4.98 Å². The fraction of sp³-hybridized carbons (Fsp3) is 0.667. The van der Waals surface area contributed by atoms with Crippen molar-refractivity contribution < 1.29 is 0 Å². The Bertz CT molecular complexity index is 622. The van der Waals surface area contributed by atoms with Crippen LogP contribution >= 0.6 is 11.3 Å². The molecule has 6 heteroatoms. The molecule has 2 aromatic heterocycles. The van der Waals surface area contributed by atoms with Gasteiger partial charge in [-0.25, -0.2) is 4.98 Å². The summed E-state index contributed by atoms with van der Waals surface area (Å²) in [5, 5.41) is 15.4. The number of aromatic nitrogens is 4. The SMILES string of the molecule is Cc1nnc2n1CC(NCc1csc(C(C)(C)C)n1)CC2. The highest BCUT2D eigenvalue weighted by atomic mass is 32.1. The number of rotatable bonds is 3. The van der Waals surface area contributed by atoms with Crippen LogP contribution in [0.5, 0.6) is 0 Å². The maximum absolute atomic E-state index is 4.74. The van der Waals surface area contributed by atoms with Crippen molar-refractivity contribution in [2.24, 2.45) is 0 Å². The van der Waals surface area contributed by atoms with E-state index in [1.807, 2.05) is 6.92 Å². The molecule has 0 radical (unpaired) electrons. The number of hydrogen-bond acceptors (Lipinski definition) is 5. The van der Waals surface area contributed by atoms with Crippen molar-refractivity contribution in [2.75, 3.05) is 0 Å². The molecule has 1 aliphatic heterocycles. The summed E-state index contributed by atoms with van der Waals surface area (Å²) in [4.78, 5) is 4.74. The fourth-order valence-corrected chi connectivity index (χ4v) is 3.52. The molecule has 1 unspecified atom stereocenters. The Morgan fingerprint density at radius 2 is 2.19 bits per heavy atom. The summed E-state index contributed by atoms with van der Waals surface area (Å²) >= 11 is 1.76. The van der Waals surface area contributed by atoms with Crippen LogP contribution in [0.25, 0.3) is 0 Å². The first-order valence-electron chi connectivity index (χ1n) is 7.50. The lowest BCUT2D eigenvalue weighted by Crippen LogP contribution is -2.37. The lowest BCUT2D eigenvalue weighted by molar-refractivity contribution is 0.374. The second-order valence-corrected chi connectivity index (χ2v) is 7.64. The molecule has 0 fully saturated rings. The van der Waals surface area contributed by atoms with Crippen molar-refractivity contribution in [1.82, 2.24) is 25.1 Å². The van der Waals surface area contributed by atoms with Gasteiger partial charge in [0, 0.05) is 36.3 Å². The molecular formula is C15H23N5S. The van der Waals surface area contributed by atoms with Gasteiger partial charge in [-0.3, -0.25) is 0 Å². The lowest BCUT2D eigenvalue weighted by atomic mass is 9.98. The molecule has 1 aliphatic rings. The van der Waals surface area contributed by atoms with Gasteiger partial charge in [-0.15, -0.1) is 21.5 Å². The molecule has 0 amide bonds. The highest BCUT2D eigenvalue weighted by Crippen LogP contribution is 2.25. The molecule has 114 valence electrons. The Labute approximate surface area is 129 Å². The summed E-state index contributed by atoms with van der Waals surface area (Å²) < 4.78 is 2.22. The smallest absolute Gasteiger partial charge is 0.133 e. The number of fused-ring (bicyclic) bond motifs is 1. The topological polar surface area (TPSA) is 55.6 Å². The molecule has 0 aliphatic carbocycles. The third kappa shape index (κ3) is 3.16. The van der Waals surface area contributed by atoms with Gasteiger partial charge in [0.15, 0.2) is 0 Å². The minimum atomic E-state index is 0.141. The summed E-state index contributed by atoms with van der Waals surface area (Å²) in [6.07, 6.45) is 2.12. The number of aryl methyl sites for hydroxylation is 2. The van der Waals surface area contributed by atoms with E-state index in [-0.39, 0.29) is 5.41 Å². The van der Waals surface area contributed by atoms with Gasteiger partial charge >= 0.3 is 0 Å². The van der Waals surface area contributed by atoms with Gasteiger partial charge in [-0.2, -0.15) is 0 Å². The maximum atomic E-state index is 4.74. The Balaban J connectivity index is 1.59. The van der Waals surface area contributed by atoms with Crippen molar-refractivity contribution in [1.29, 1.82) is 0 Å². The standard InChI is InChI=1S/C15H23N5S/c1-10-18-19-13-6-5-11(8-20(10)13)16-7-12-9-21-14(17-12)15(2,3)4/h9,11,16H,5-8H2,1-4H3. The molecule has 0 saturated carbocycles. The third-order valence-electron chi connectivity index (χ3n) is 3.90. The lowest BCUT2D eigenvalue weighted by Gasteiger charge is -2.24. The van der Waals surface area contributed by atoms with E-state index in [2.05, 4.69) is 46.2 Å². The average Bonchev–Trinajstić information content (AvgIpc) is 3.04. The zero-order chi connectivity index (χ0) is 15.0. The molecule has 21 heavy (non-hydrogen) atoms. The predicted molar refractivity (Wildman–Crippen MR) is 84.5 cm³/mol. The zero-order valence-corrected chi connectivity index (χ0v) is 14.0. The van der Waals surface area contributed by atoms with Crippen LogP contribution in [0.1, 0.15) is 49.5 Å². The highest BCUT2D eigenvalue weighted by molar-refractivity contribution is 7.09. The largest absolute Gasteiger partial charge is 0.314 e. The van der Waals surface area contributed by atoms with Crippen molar-refractivity contribution in [3.63, 3.8) is 0 Å². The van der Waals surface area contributed by atoms with Crippen LogP contribution < -0.4 is 5.32 Å². The minimum absolute atomic E-state index is 0.141. The van der Waals surface area contributed by atoms with Gasteiger partial charge in [-0.05, 0) is 13.3 Å². The van der Waals surface area contributed by atoms with Crippen LogP contribution in [0, 0.1) is 6.92 Å². The summed E-state index contributed by atoms with van der Waals surface area (Å²) in [5.74, 6) is 2.13. The molecule has 0 spiro atoms. The van der Waals surface area contributed by atoms with Crippen LogP contribution in [0.2, 0.25) is 0 Å². The van der Waals surface area contributed by atoms with Gasteiger partial charge in [0.1, 0.15) is 11.6 Å². The van der Waals surface area contributed by atoms with E-state index in [0.717, 1.165) is 43.3 Å². The summed E-state index contributed by atoms with van der Waals surface area (Å²) in [5.41, 5.74) is 1.29. The van der Waals surface area contributed by atoms with Crippen LogP contribution in [0.3, 0.4) is 0 Å². The molecule has 3 heterocycles. The van der Waals surface area contributed by atoms with Crippen LogP contribution in [-0.4, -0.2) is 25.8 Å². The van der Waals surface area contributed by atoms with E-state index >= 15 is 0 Å². The van der Waals surface area contributed by atoms with Crippen molar-refractivity contribution in [3.05, 3.63) is 27.7 Å². The van der Waals surface area contributed by atoms with Gasteiger partial charge in [0.25, 0.3) is 0 Å². The third-order valence-corrected chi connectivity index (χ3v) is 5.21. The second kappa shape index (κ2) is 5.50. The second-order valence-electron chi connectivity index (χ2n) is 6.78. The van der Waals surface area contributed by atoms with E-state index < -0.39 is 0 Å². The Morgan fingerprint density at radius 1 is 1.38 bits per heavy atom. The molecule has 0 bridgehead atoms.